The highest BCUT2D eigenvalue weighted by molar-refractivity contribution is 5.89. The van der Waals surface area contributed by atoms with Crippen molar-refractivity contribution in [3.63, 3.8) is 0 Å². The Bertz CT molecular complexity index is 486. The highest BCUT2D eigenvalue weighted by Crippen LogP contribution is 2.19. The van der Waals surface area contributed by atoms with E-state index < -0.39 is 0 Å². The van der Waals surface area contributed by atoms with Gasteiger partial charge in [0.1, 0.15) is 0 Å². The number of nitrogens with zero attached hydrogens (tertiary/aromatic N) is 1. The molecule has 1 aliphatic rings. The van der Waals surface area contributed by atoms with Crippen LogP contribution in [0.25, 0.3) is 0 Å². The summed E-state index contributed by atoms with van der Waals surface area (Å²) in [5.41, 5.74) is 1.98. The molecule has 1 aromatic carbocycles. The van der Waals surface area contributed by atoms with Gasteiger partial charge in [0.15, 0.2) is 0 Å². The summed E-state index contributed by atoms with van der Waals surface area (Å²) in [6.07, 6.45) is 3.22. The van der Waals surface area contributed by atoms with Crippen LogP contribution in [0.2, 0.25) is 0 Å². The largest absolute Gasteiger partial charge is 0.395 e. The molecular formula is C18H29N3O2. The highest BCUT2D eigenvalue weighted by Gasteiger charge is 2.24. The molecule has 3 N–H and O–H groups in total. The lowest BCUT2D eigenvalue weighted by molar-refractivity contribution is 0.0780. The second-order valence-electron chi connectivity index (χ2n) is 6.45. The molecule has 0 radical (unpaired) electrons. The zero-order valence-corrected chi connectivity index (χ0v) is 14.2. The quantitative estimate of drug-likeness (QED) is 0.755. The summed E-state index contributed by atoms with van der Waals surface area (Å²) in [7, 11) is 0. The van der Waals surface area contributed by atoms with Crippen LogP contribution >= 0.6 is 0 Å². The molecule has 0 bridgehead atoms. The third-order valence-corrected chi connectivity index (χ3v) is 4.61. The molecule has 23 heavy (non-hydrogen) atoms. The molecule has 5 heteroatoms. The smallest absolute Gasteiger partial charge is 0.319 e. The highest BCUT2D eigenvalue weighted by atomic mass is 16.3. The summed E-state index contributed by atoms with van der Waals surface area (Å²) in [5.74, 6) is 0.452. The van der Waals surface area contributed by atoms with E-state index in [4.69, 9.17) is 0 Å². The average Bonchev–Trinajstić information content (AvgIpc) is 2.57. The molecule has 128 valence electrons. The summed E-state index contributed by atoms with van der Waals surface area (Å²) in [6.45, 7) is 7.02. The number of aliphatic hydroxyl groups excluding tert-OH is 1. The standard InChI is InChI=1S/C18H29N3O2/c1-3-17(13-22)21-10-4-5-15(12-21)11-19-18(23)20-16-8-6-14(2)7-9-16/h6-9,15,17,22H,3-5,10-13H2,1-2H3,(H2,19,20,23). The molecule has 1 aliphatic heterocycles. The van der Waals surface area contributed by atoms with Crippen LogP contribution in [0.5, 0.6) is 0 Å². The number of urea groups is 1. The summed E-state index contributed by atoms with van der Waals surface area (Å²) >= 11 is 0. The number of amides is 2. The summed E-state index contributed by atoms with van der Waals surface area (Å²) < 4.78 is 0. The minimum Gasteiger partial charge on any atom is -0.395 e. The summed E-state index contributed by atoms with van der Waals surface area (Å²) in [5, 5.41) is 15.3. The number of nitrogens with one attached hydrogen (secondary N) is 2. The van der Waals surface area contributed by atoms with E-state index >= 15 is 0 Å². The fraction of sp³-hybridized carbons (Fsp3) is 0.611. The van der Waals surface area contributed by atoms with Crippen molar-refractivity contribution >= 4 is 11.7 Å². The van der Waals surface area contributed by atoms with Crippen molar-refractivity contribution in [1.29, 1.82) is 0 Å². The normalized spacial score (nSPS) is 20.0. The lowest BCUT2D eigenvalue weighted by atomic mass is 9.96. The second-order valence-corrected chi connectivity index (χ2v) is 6.45. The molecule has 1 aromatic rings. The minimum absolute atomic E-state index is 0.153. The van der Waals surface area contributed by atoms with Crippen LogP contribution < -0.4 is 10.6 Å². The fourth-order valence-electron chi connectivity index (χ4n) is 3.15. The van der Waals surface area contributed by atoms with Gasteiger partial charge in [0, 0.05) is 24.8 Å². The molecule has 1 saturated heterocycles. The molecule has 0 saturated carbocycles. The molecule has 1 heterocycles. The Balaban J connectivity index is 1.76. The molecule has 2 atom stereocenters. The van der Waals surface area contributed by atoms with Crippen molar-refractivity contribution in [3.05, 3.63) is 29.8 Å². The van der Waals surface area contributed by atoms with Gasteiger partial charge in [0.25, 0.3) is 0 Å². The molecule has 2 unspecified atom stereocenters. The Morgan fingerprint density at radius 1 is 1.39 bits per heavy atom. The van der Waals surface area contributed by atoms with Crippen LogP contribution in [0.15, 0.2) is 24.3 Å². The van der Waals surface area contributed by atoms with Gasteiger partial charge >= 0.3 is 6.03 Å². The molecule has 0 spiro atoms. The topological polar surface area (TPSA) is 64.6 Å². The summed E-state index contributed by atoms with van der Waals surface area (Å²) in [4.78, 5) is 14.3. The van der Waals surface area contributed by atoms with Gasteiger partial charge in [-0.1, -0.05) is 24.6 Å². The van der Waals surface area contributed by atoms with Crippen LogP contribution in [0.1, 0.15) is 31.7 Å². The van der Waals surface area contributed by atoms with Gasteiger partial charge in [-0.25, -0.2) is 4.79 Å². The van der Waals surface area contributed by atoms with Crippen LogP contribution in [0.3, 0.4) is 0 Å². The van der Waals surface area contributed by atoms with Crippen molar-refractivity contribution in [1.82, 2.24) is 10.2 Å². The van der Waals surface area contributed by atoms with E-state index in [0.717, 1.165) is 38.0 Å². The van der Waals surface area contributed by atoms with Gasteiger partial charge in [-0.15, -0.1) is 0 Å². The van der Waals surface area contributed by atoms with Crippen LogP contribution in [-0.2, 0) is 0 Å². The number of hydrogen-bond acceptors (Lipinski definition) is 3. The van der Waals surface area contributed by atoms with Crippen LogP contribution in [0.4, 0.5) is 10.5 Å². The number of piperidine rings is 1. The van der Waals surface area contributed by atoms with Crippen molar-refractivity contribution in [3.8, 4) is 0 Å². The Kier molecular flexibility index (Phi) is 6.86. The van der Waals surface area contributed by atoms with Crippen molar-refractivity contribution < 1.29 is 9.90 Å². The van der Waals surface area contributed by atoms with Gasteiger partial charge in [0.05, 0.1) is 6.61 Å². The number of hydrogen-bond donors (Lipinski definition) is 3. The second kappa shape index (κ2) is 8.89. The number of carbonyl (C=O) groups is 1. The van der Waals surface area contributed by atoms with Gasteiger partial charge in [-0.3, -0.25) is 4.90 Å². The Morgan fingerprint density at radius 2 is 2.13 bits per heavy atom. The first-order chi connectivity index (χ1) is 11.1. The molecule has 2 rings (SSSR count). The summed E-state index contributed by atoms with van der Waals surface area (Å²) in [6, 6.07) is 7.87. The molecule has 0 aliphatic carbocycles. The first kappa shape index (κ1) is 17.8. The third-order valence-electron chi connectivity index (χ3n) is 4.61. The predicted octanol–water partition coefficient (Wildman–Crippen LogP) is 2.60. The van der Waals surface area contributed by atoms with E-state index in [-0.39, 0.29) is 18.7 Å². The van der Waals surface area contributed by atoms with Gasteiger partial charge in [0.2, 0.25) is 0 Å². The van der Waals surface area contributed by atoms with Gasteiger partial charge in [-0.05, 0) is 50.8 Å². The van der Waals surface area contributed by atoms with E-state index in [0.29, 0.717) is 12.5 Å². The SMILES string of the molecule is CCC(CO)N1CCCC(CNC(=O)Nc2ccc(C)cc2)C1. The lowest BCUT2D eigenvalue weighted by Crippen LogP contribution is -2.47. The maximum Gasteiger partial charge on any atom is 0.319 e. The van der Waals surface area contributed by atoms with E-state index in [1.54, 1.807) is 0 Å². The van der Waals surface area contributed by atoms with E-state index in [1.165, 1.54) is 5.56 Å². The number of carbonyl (C=O) groups excluding carboxylic acids is 1. The number of anilines is 1. The number of rotatable bonds is 6. The Hall–Kier alpha value is -1.59. The average molecular weight is 319 g/mol. The van der Waals surface area contributed by atoms with Crippen molar-refractivity contribution in [2.24, 2.45) is 5.92 Å². The van der Waals surface area contributed by atoms with Gasteiger partial charge in [-0.2, -0.15) is 0 Å². The first-order valence-corrected chi connectivity index (χ1v) is 8.58. The number of aryl methyl sites for hydroxylation is 1. The van der Waals surface area contributed by atoms with Crippen molar-refractivity contribution in [2.45, 2.75) is 39.2 Å². The van der Waals surface area contributed by atoms with Gasteiger partial charge < -0.3 is 15.7 Å². The van der Waals surface area contributed by atoms with E-state index in [9.17, 15) is 9.90 Å². The fourth-order valence-corrected chi connectivity index (χ4v) is 3.15. The molecule has 5 nitrogen and oxygen atoms in total. The minimum atomic E-state index is -0.153. The number of likely N-dealkylation sites (tertiary alicyclic amines) is 1. The zero-order valence-electron chi connectivity index (χ0n) is 14.2. The lowest BCUT2D eigenvalue weighted by Gasteiger charge is -2.37. The maximum atomic E-state index is 12.0. The third kappa shape index (κ3) is 5.52. The van der Waals surface area contributed by atoms with E-state index in [1.807, 2.05) is 31.2 Å². The molecule has 2 amide bonds. The number of aliphatic hydroxyl groups is 1. The van der Waals surface area contributed by atoms with Crippen LogP contribution in [-0.4, -0.2) is 48.3 Å². The Labute approximate surface area is 139 Å². The van der Waals surface area contributed by atoms with E-state index in [2.05, 4.69) is 22.5 Å². The van der Waals surface area contributed by atoms with Crippen LogP contribution in [0, 0.1) is 12.8 Å². The molecule has 0 aromatic heterocycles. The molecular weight excluding hydrogens is 290 g/mol. The monoisotopic (exact) mass is 319 g/mol. The first-order valence-electron chi connectivity index (χ1n) is 8.58. The maximum absolute atomic E-state index is 12.0. The van der Waals surface area contributed by atoms with Crippen molar-refractivity contribution in [2.75, 3.05) is 31.6 Å². The zero-order chi connectivity index (χ0) is 16.7. The number of benzene rings is 1. The Morgan fingerprint density at radius 3 is 2.78 bits per heavy atom. The predicted molar refractivity (Wildman–Crippen MR) is 93.7 cm³/mol. The molecule has 1 fully saturated rings.